The highest BCUT2D eigenvalue weighted by molar-refractivity contribution is 5.92. The zero-order chi connectivity index (χ0) is 15.1. The van der Waals surface area contributed by atoms with E-state index in [9.17, 15) is 13.6 Å². The fourth-order valence-corrected chi connectivity index (χ4v) is 1.44. The minimum Gasteiger partial charge on any atom is -0.493 e. The van der Waals surface area contributed by atoms with Crippen LogP contribution in [-0.4, -0.2) is 32.2 Å². The predicted molar refractivity (Wildman–Crippen MR) is 71.4 cm³/mol. The zero-order valence-corrected chi connectivity index (χ0v) is 11.6. The minimum absolute atomic E-state index is 0.128. The zero-order valence-electron chi connectivity index (χ0n) is 11.6. The van der Waals surface area contributed by atoms with Gasteiger partial charge < -0.3 is 20.1 Å². The summed E-state index contributed by atoms with van der Waals surface area (Å²) in [6.45, 7) is 0.997. The molecule has 0 aromatic heterocycles. The van der Waals surface area contributed by atoms with Crippen LogP contribution in [0.15, 0.2) is 18.2 Å². The number of alkyl halides is 2. The van der Waals surface area contributed by atoms with Crippen molar-refractivity contribution < 1.29 is 23.0 Å². The first-order chi connectivity index (χ1) is 9.42. The number of hydrogen-bond acceptors (Lipinski definition) is 4. The quantitative estimate of drug-likeness (QED) is 0.808. The predicted octanol–water partition coefficient (Wildman–Crippen LogP) is 2.23. The third-order valence-electron chi connectivity index (χ3n) is 2.33. The molecule has 0 unspecified atom stereocenters. The molecule has 0 saturated carbocycles. The Morgan fingerprint density at radius 1 is 1.30 bits per heavy atom. The number of nitrogens with one attached hydrogen (secondary N) is 2. The van der Waals surface area contributed by atoms with Crippen molar-refractivity contribution in [2.75, 3.05) is 19.0 Å². The summed E-state index contributed by atoms with van der Waals surface area (Å²) in [7, 11) is 1.35. The molecule has 0 radical (unpaired) electrons. The van der Waals surface area contributed by atoms with Crippen LogP contribution in [0.1, 0.15) is 13.8 Å². The number of rotatable bonds is 7. The van der Waals surface area contributed by atoms with Crippen molar-refractivity contribution >= 4 is 11.6 Å². The molecule has 7 heteroatoms. The second kappa shape index (κ2) is 7.64. The summed E-state index contributed by atoms with van der Waals surface area (Å²) in [5, 5.41) is 5.53. The van der Waals surface area contributed by atoms with E-state index in [1.807, 2.05) is 13.8 Å². The van der Waals surface area contributed by atoms with E-state index in [0.29, 0.717) is 5.69 Å². The molecular formula is C13H18F2N2O3. The van der Waals surface area contributed by atoms with Crippen LogP contribution in [0.4, 0.5) is 14.5 Å². The lowest BCUT2D eigenvalue weighted by molar-refractivity contribution is -0.115. The summed E-state index contributed by atoms with van der Waals surface area (Å²) in [6, 6.07) is 4.46. The molecule has 0 aliphatic heterocycles. The summed E-state index contributed by atoms with van der Waals surface area (Å²) >= 11 is 0. The maximum absolute atomic E-state index is 12.3. The Kier molecular flexibility index (Phi) is 6.17. The molecule has 1 rings (SSSR count). The lowest BCUT2D eigenvalue weighted by Crippen LogP contribution is -2.32. The molecule has 112 valence electrons. The van der Waals surface area contributed by atoms with Crippen LogP contribution in [0.25, 0.3) is 0 Å². The highest BCUT2D eigenvalue weighted by atomic mass is 19.3. The first-order valence-electron chi connectivity index (χ1n) is 6.08. The Morgan fingerprint density at radius 3 is 2.55 bits per heavy atom. The molecular weight excluding hydrogens is 270 g/mol. The van der Waals surface area contributed by atoms with Crippen LogP contribution in [0, 0.1) is 0 Å². The van der Waals surface area contributed by atoms with Gasteiger partial charge in [0.15, 0.2) is 11.5 Å². The number of ether oxygens (including phenoxy) is 2. The van der Waals surface area contributed by atoms with Gasteiger partial charge in [0, 0.05) is 17.8 Å². The average Bonchev–Trinajstić information content (AvgIpc) is 2.36. The van der Waals surface area contributed by atoms with Crippen LogP contribution in [0.2, 0.25) is 0 Å². The first-order valence-corrected chi connectivity index (χ1v) is 6.08. The van der Waals surface area contributed by atoms with E-state index in [0.717, 1.165) is 0 Å². The Hall–Kier alpha value is -1.89. The molecule has 20 heavy (non-hydrogen) atoms. The fraction of sp³-hybridized carbons (Fsp3) is 0.462. The van der Waals surface area contributed by atoms with Crippen molar-refractivity contribution in [2.45, 2.75) is 26.5 Å². The van der Waals surface area contributed by atoms with Gasteiger partial charge >= 0.3 is 6.61 Å². The average molecular weight is 288 g/mol. The molecule has 0 fully saturated rings. The van der Waals surface area contributed by atoms with Crippen molar-refractivity contribution in [1.82, 2.24) is 5.32 Å². The summed E-state index contributed by atoms with van der Waals surface area (Å²) in [5.74, 6) is -0.229. The third-order valence-corrected chi connectivity index (χ3v) is 2.33. The molecule has 1 amide bonds. The molecule has 0 aliphatic rings. The Morgan fingerprint density at radius 2 is 2.00 bits per heavy atom. The monoisotopic (exact) mass is 288 g/mol. The van der Waals surface area contributed by atoms with Crippen LogP contribution >= 0.6 is 0 Å². The number of anilines is 1. The second-order valence-corrected chi connectivity index (χ2v) is 4.33. The van der Waals surface area contributed by atoms with Gasteiger partial charge in [0.2, 0.25) is 5.91 Å². The van der Waals surface area contributed by atoms with Crippen molar-refractivity contribution in [3.63, 3.8) is 0 Å². The highest BCUT2D eigenvalue weighted by Gasteiger charge is 2.12. The first kappa shape index (κ1) is 16.2. The number of benzene rings is 1. The van der Waals surface area contributed by atoms with E-state index in [4.69, 9.17) is 4.74 Å². The second-order valence-electron chi connectivity index (χ2n) is 4.33. The van der Waals surface area contributed by atoms with E-state index < -0.39 is 6.61 Å². The molecule has 1 aromatic carbocycles. The van der Waals surface area contributed by atoms with Gasteiger partial charge in [-0.1, -0.05) is 13.8 Å². The van der Waals surface area contributed by atoms with E-state index >= 15 is 0 Å². The molecule has 0 heterocycles. The molecule has 0 spiro atoms. The number of carbonyl (C=O) groups is 1. The van der Waals surface area contributed by atoms with Crippen LogP contribution in [0.5, 0.6) is 11.5 Å². The fourth-order valence-electron chi connectivity index (χ4n) is 1.44. The van der Waals surface area contributed by atoms with Gasteiger partial charge in [0.25, 0.3) is 0 Å². The van der Waals surface area contributed by atoms with Gasteiger partial charge in [-0.05, 0) is 12.1 Å². The maximum atomic E-state index is 12.3. The third kappa shape index (κ3) is 5.40. The largest absolute Gasteiger partial charge is 0.493 e. The van der Waals surface area contributed by atoms with Gasteiger partial charge in [-0.2, -0.15) is 8.78 Å². The lowest BCUT2D eigenvalue weighted by Gasteiger charge is -2.13. The van der Waals surface area contributed by atoms with E-state index in [2.05, 4.69) is 15.4 Å². The molecule has 5 nitrogen and oxygen atoms in total. The highest BCUT2D eigenvalue weighted by Crippen LogP contribution is 2.31. The van der Waals surface area contributed by atoms with E-state index in [1.54, 1.807) is 6.07 Å². The van der Waals surface area contributed by atoms with Crippen LogP contribution < -0.4 is 20.1 Å². The Bertz CT molecular complexity index is 453. The van der Waals surface area contributed by atoms with E-state index in [1.165, 1.54) is 19.2 Å². The van der Waals surface area contributed by atoms with E-state index in [-0.39, 0.29) is 30.0 Å². The normalized spacial score (nSPS) is 10.8. The standard InChI is InChI=1S/C13H18F2N2O3/c1-8(2)16-7-12(18)17-9-4-5-10(19-3)11(6-9)20-13(14)15/h4-6,8,13,16H,7H2,1-3H3,(H,17,18). The molecule has 0 bridgehead atoms. The topological polar surface area (TPSA) is 59.6 Å². The Balaban J connectivity index is 2.73. The maximum Gasteiger partial charge on any atom is 0.387 e. The summed E-state index contributed by atoms with van der Waals surface area (Å²) < 4.78 is 33.8. The molecule has 0 atom stereocenters. The van der Waals surface area contributed by atoms with Gasteiger partial charge in [-0.15, -0.1) is 0 Å². The molecule has 0 aliphatic carbocycles. The number of amides is 1. The van der Waals surface area contributed by atoms with Crippen molar-refractivity contribution in [3.8, 4) is 11.5 Å². The van der Waals surface area contributed by atoms with Gasteiger partial charge in [-0.3, -0.25) is 4.79 Å². The number of hydrogen-bond donors (Lipinski definition) is 2. The number of halogens is 2. The Labute approximate surface area is 116 Å². The summed E-state index contributed by atoms with van der Waals surface area (Å²) in [5.41, 5.74) is 0.358. The smallest absolute Gasteiger partial charge is 0.387 e. The number of carbonyl (C=O) groups excluding carboxylic acids is 1. The summed E-state index contributed by atoms with van der Waals surface area (Å²) in [6.07, 6.45) is 0. The summed E-state index contributed by atoms with van der Waals surface area (Å²) in [4.78, 5) is 11.6. The van der Waals surface area contributed by atoms with Crippen molar-refractivity contribution in [1.29, 1.82) is 0 Å². The molecule has 2 N–H and O–H groups in total. The van der Waals surface area contributed by atoms with Crippen molar-refractivity contribution in [2.24, 2.45) is 0 Å². The molecule has 0 saturated heterocycles. The number of methoxy groups -OCH3 is 1. The SMILES string of the molecule is COc1ccc(NC(=O)CNC(C)C)cc1OC(F)F. The van der Waals surface area contributed by atoms with Gasteiger partial charge in [-0.25, -0.2) is 0 Å². The van der Waals surface area contributed by atoms with Crippen LogP contribution in [0.3, 0.4) is 0 Å². The molecule has 1 aromatic rings. The minimum atomic E-state index is -2.96. The van der Waals surface area contributed by atoms with Gasteiger partial charge in [0.05, 0.1) is 13.7 Å². The van der Waals surface area contributed by atoms with Gasteiger partial charge in [0.1, 0.15) is 0 Å². The van der Waals surface area contributed by atoms with Crippen LogP contribution in [-0.2, 0) is 4.79 Å². The lowest BCUT2D eigenvalue weighted by atomic mass is 10.2. The van der Waals surface area contributed by atoms with Crippen molar-refractivity contribution in [3.05, 3.63) is 18.2 Å².